The highest BCUT2D eigenvalue weighted by Crippen LogP contribution is 2.18. The third-order valence-corrected chi connectivity index (χ3v) is 6.37. The zero-order valence-electron chi connectivity index (χ0n) is 14.1. The molecule has 0 unspecified atom stereocenters. The molecular formula is C16H22N2O4SSi. The van der Waals surface area contributed by atoms with Crippen molar-refractivity contribution in [1.29, 1.82) is 0 Å². The summed E-state index contributed by atoms with van der Waals surface area (Å²) in [6.45, 7) is 7.17. The van der Waals surface area contributed by atoms with E-state index in [-0.39, 0.29) is 31.1 Å². The van der Waals surface area contributed by atoms with E-state index < -0.39 is 24.2 Å². The third kappa shape index (κ3) is 4.60. The number of carbonyl (C=O) groups is 1. The number of nitrogens with zero attached hydrogens (tertiary/aromatic N) is 2. The highest BCUT2D eigenvalue weighted by molar-refractivity contribution is 7.89. The lowest BCUT2D eigenvalue weighted by molar-refractivity contribution is 0.126. The maximum Gasteiger partial charge on any atom is 0.407 e. The number of sulfonamides is 1. The van der Waals surface area contributed by atoms with E-state index >= 15 is 0 Å². The molecular weight excluding hydrogens is 344 g/mol. The summed E-state index contributed by atoms with van der Waals surface area (Å²) in [5.41, 5.74) is 4.04. The SMILES string of the molecule is C[Si](C)(C)C#Cc1ccc(S(=O)(=O)N2CCN(C(=O)O)CC2)cc1. The van der Waals surface area contributed by atoms with Crippen molar-refractivity contribution < 1.29 is 18.3 Å². The smallest absolute Gasteiger partial charge is 0.407 e. The summed E-state index contributed by atoms with van der Waals surface area (Å²) in [6.07, 6.45) is -1.02. The first-order chi connectivity index (χ1) is 11.1. The Labute approximate surface area is 144 Å². The van der Waals surface area contributed by atoms with Gasteiger partial charge in [0, 0.05) is 31.7 Å². The summed E-state index contributed by atoms with van der Waals surface area (Å²) in [6, 6.07) is 6.56. The Hall–Kier alpha value is -1.82. The molecule has 6 nitrogen and oxygen atoms in total. The molecule has 8 heteroatoms. The highest BCUT2D eigenvalue weighted by Gasteiger charge is 2.29. The summed E-state index contributed by atoms with van der Waals surface area (Å²) in [5.74, 6) is 3.09. The fraction of sp³-hybridized carbons (Fsp3) is 0.438. The minimum atomic E-state index is -3.60. The topological polar surface area (TPSA) is 77.9 Å². The molecule has 1 fully saturated rings. The van der Waals surface area contributed by atoms with E-state index in [9.17, 15) is 13.2 Å². The van der Waals surface area contributed by atoms with Crippen molar-refractivity contribution in [3.63, 3.8) is 0 Å². The van der Waals surface area contributed by atoms with E-state index in [1.807, 2.05) is 0 Å². The van der Waals surface area contributed by atoms with Gasteiger partial charge in [-0.3, -0.25) is 0 Å². The van der Waals surface area contributed by atoms with Crippen LogP contribution in [0.2, 0.25) is 19.6 Å². The van der Waals surface area contributed by atoms with E-state index in [0.717, 1.165) is 5.56 Å². The Balaban J connectivity index is 2.13. The number of carboxylic acid groups (broad SMARTS) is 1. The third-order valence-electron chi connectivity index (χ3n) is 3.58. The molecule has 1 aliphatic heterocycles. The molecule has 2 rings (SSSR count). The van der Waals surface area contributed by atoms with Gasteiger partial charge in [0.05, 0.1) is 4.90 Å². The summed E-state index contributed by atoms with van der Waals surface area (Å²) in [4.78, 5) is 12.3. The van der Waals surface area contributed by atoms with Crippen molar-refractivity contribution in [2.24, 2.45) is 0 Å². The largest absolute Gasteiger partial charge is 0.465 e. The molecule has 0 saturated carbocycles. The Morgan fingerprint density at radius 2 is 1.62 bits per heavy atom. The second-order valence-corrected chi connectivity index (χ2v) is 13.4. The van der Waals surface area contributed by atoms with Crippen molar-refractivity contribution in [1.82, 2.24) is 9.21 Å². The van der Waals surface area contributed by atoms with Gasteiger partial charge in [0.25, 0.3) is 0 Å². The van der Waals surface area contributed by atoms with E-state index in [1.54, 1.807) is 24.3 Å². The van der Waals surface area contributed by atoms with E-state index in [0.29, 0.717) is 0 Å². The van der Waals surface area contributed by atoms with Crippen LogP contribution in [0.5, 0.6) is 0 Å². The lowest BCUT2D eigenvalue weighted by atomic mass is 10.2. The van der Waals surface area contributed by atoms with Crippen molar-refractivity contribution in [2.75, 3.05) is 26.2 Å². The molecule has 0 aromatic heterocycles. The van der Waals surface area contributed by atoms with Gasteiger partial charge in [0.1, 0.15) is 8.07 Å². The lowest BCUT2D eigenvalue weighted by Gasteiger charge is -2.32. The first-order valence-corrected chi connectivity index (χ1v) is 12.6. The van der Waals surface area contributed by atoms with Gasteiger partial charge in [0.15, 0.2) is 0 Å². The van der Waals surface area contributed by atoms with Gasteiger partial charge in [-0.2, -0.15) is 4.31 Å². The van der Waals surface area contributed by atoms with Crippen LogP contribution in [0.4, 0.5) is 4.79 Å². The van der Waals surface area contributed by atoms with Gasteiger partial charge in [-0.05, 0) is 24.3 Å². The maximum absolute atomic E-state index is 12.6. The highest BCUT2D eigenvalue weighted by atomic mass is 32.2. The van der Waals surface area contributed by atoms with Crippen LogP contribution in [0.3, 0.4) is 0 Å². The van der Waals surface area contributed by atoms with Crippen LogP contribution in [-0.4, -0.2) is 63.1 Å². The number of hydrogen-bond acceptors (Lipinski definition) is 3. The molecule has 1 saturated heterocycles. The Bertz CT molecular complexity index is 765. The van der Waals surface area contributed by atoms with E-state index in [2.05, 4.69) is 31.1 Å². The minimum Gasteiger partial charge on any atom is -0.465 e. The van der Waals surface area contributed by atoms with E-state index in [1.165, 1.54) is 9.21 Å². The first-order valence-electron chi connectivity index (χ1n) is 7.71. The molecule has 1 N–H and O–H groups in total. The quantitative estimate of drug-likeness (QED) is 0.640. The van der Waals surface area contributed by atoms with Gasteiger partial charge in [-0.15, -0.1) is 5.54 Å². The first kappa shape index (κ1) is 18.5. The van der Waals surface area contributed by atoms with Gasteiger partial charge in [-0.25, -0.2) is 13.2 Å². The van der Waals surface area contributed by atoms with E-state index in [4.69, 9.17) is 5.11 Å². The zero-order chi connectivity index (χ0) is 18.0. The van der Waals surface area contributed by atoms with Gasteiger partial charge >= 0.3 is 6.09 Å². The molecule has 24 heavy (non-hydrogen) atoms. The fourth-order valence-corrected chi connectivity index (χ4v) is 4.18. The summed E-state index contributed by atoms with van der Waals surface area (Å²) < 4.78 is 26.6. The zero-order valence-corrected chi connectivity index (χ0v) is 15.9. The fourth-order valence-electron chi connectivity index (χ4n) is 2.24. The molecule has 0 bridgehead atoms. The predicted molar refractivity (Wildman–Crippen MR) is 95.0 cm³/mol. The number of piperazine rings is 1. The number of hydrogen-bond donors (Lipinski definition) is 1. The van der Waals surface area contributed by atoms with Crippen LogP contribution in [0, 0.1) is 11.5 Å². The Morgan fingerprint density at radius 1 is 1.08 bits per heavy atom. The maximum atomic E-state index is 12.6. The molecule has 1 aromatic rings. The molecule has 0 radical (unpaired) electrons. The summed E-state index contributed by atoms with van der Waals surface area (Å²) >= 11 is 0. The van der Waals surface area contributed by atoms with Crippen LogP contribution >= 0.6 is 0 Å². The van der Waals surface area contributed by atoms with Crippen molar-refractivity contribution in [2.45, 2.75) is 24.5 Å². The molecule has 1 heterocycles. The molecule has 1 aliphatic rings. The summed E-state index contributed by atoms with van der Waals surface area (Å²) in [5, 5.41) is 8.93. The lowest BCUT2D eigenvalue weighted by Crippen LogP contribution is -2.50. The number of amides is 1. The average Bonchev–Trinajstić information content (AvgIpc) is 2.52. The van der Waals surface area contributed by atoms with Crippen LogP contribution in [0.15, 0.2) is 29.2 Å². The molecule has 0 spiro atoms. The Morgan fingerprint density at radius 3 is 2.08 bits per heavy atom. The number of rotatable bonds is 2. The monoisotopic (exact) mass is 366 g/mol. The normalized spacial score (nSPS) is 16.4. The van der Waals surface area contributed by atoms with Crippen molar-refractivity contribution in [3.8, 4) is 11.5 Å². The molecule has 1 amide bonds. The van der Waals surface area contributed by atoms with Gasteiger partial charge in [0.2, 0.25) is 10.0 Å². The minimum absolute atomic E-state index is 0.172. The molecule has 1 aromatic carbocycles. The standard InChI is InChI=1S/C16H22N2O4SSi/c1-24(2,3)13-8-14-4-6-15(7-5-14)23(21,22)18-11-9-17(10-12-18)16(19)20/h4-7H,9-12H2,1-3H3,(H,19,20). The van der Waals surface area contributed by atoms with Crippen LogP contribution in [0.25, 0.3) is 0 Å². The summed E-state index contributed by atoms with van der Waals surface area (Å²) in [7, 11) is -5.07. The predicted octanol–water partition coefficient (Wildman–Crippen LogP) is 1.90. The second kappa shape index (κ2) is 6.97. The van der Waals surface area contributed by atoms with Gasteiger partial charge in [-0.1, -0.05) is 25.6 Å². The van der Waals surface area contributed by atoms with Crippen LogP contribution in [-0.2, 0) is 10.0 Å². The van der Waals surface area contributed by atoms with Crippen molar-refractivity contribution >= 4 is 24.2 Å². The van der Waals surface area contributed by atoms with Gasteiger partial charge < -0.3 is 10.0 Å². The molecule has 130 valence electrons. The Kier molecular flexibility index (Phi) is 5.37. The van der Waals surface area contributed by atoms with Crippen LogP contribution in [0.1, 0.15) is 5.56 Å². The average molecular weight is 367 g/mol. The van der Waals surface area contributed by atoms with Crippen molar-refractivity contribution in [3.05, 3.63) is 29.8 Å². The number of benzene rings is 1. The molecule has 0 atom stereocenters. The molecule has 0 aliphatic carbocycles. The second-order valence-electron chi connectivity index (χ2n) is 6.70. The van der Waals surface area contributed by atoms with Crippen LogP contribution < -0.4 is 0 Å².